The fourth-order valence-electron chi connectivity index (χ4n) is 2.17. The summed E-state index contributed by atoms with van der Waals surface area (Å²) in [5.74, 6) is -1.20. The Morgan fingerprint density at radius 2 is 1.77 bits per heavy atom. The molecular weight excluding hydrogens is 278 g/mol. The van der Waals surface area contributed by atoms with Crippen molar-refractivity contribution in [3.8, 4) is 0 Å². The van der Waals surface area contributed by atoms with Crippen LogP contribution in [0.4, 0.5) is 5.69 Å². The van der Waals surface area contributed by atoms with Gasteiger partial charge >= 0.3 is 11.8 Å². The van der Waals surface area contributed by atoms with E-state index in [1.54, 1.807) is 0 Å². The summed E-state index contributed by atoms with van der Waals surface area (Å²) in [5, 5.41) is 5.32. The normalized spacial score (nSPS) is 10.6. The number of carbonyl (C=O) groups is 2. The number of rotatable bonds is 7. The highest BCUT2D eigenvalue weighted by Gasteiger charge is 2.14. The van der Waals surface area contributed by atoms with Crippen molar-refractivity contribution < 1.29 is 9.59 Å². The molecule has 2 amide bonds. The quantitative estimate of drug-likeness (QED) is 0.599. The number of nitrogens with zero attached hydrogens (tertiary/aromatic N) is 1. The van der Waals surface area contributed by atoms with E-state index in [1.807, 2.05) is 32.0 Å². The molecule has 0 fully saturated rings. The third-order valence-electron chi connectivity index (χ3n) is 3.68. The van der Waals surface area contributed by atoms with Crippen LogP contribution in [0.3, 0.4) is 0 Å². The minimum Gasteiger partial charge on any atom is -0.348 e. The molecule has 0 atom stereocenters. The van der Waals surface area contributed by atoms with Crippen molar-refractivity contribution in [3.63, 3.8) is 0 Å². The van der Waals surface area contributed by atoms with Crippen molar-refractivity contribution in [2.45, 2.75) is 34.1 Å². The minimum absolute atomic E-state index is 0.509. The number of nitrogens with one attached hydrogen (secondary N) is 2. The molecule has 0 unspecified atom stereocenters. The molecule has 0 spiro atoms. The van der Waals surface area contributed by atoms with E-state index in [4.69, 9.17) is 0 Å². The summed E-state index contributed by atoms with van der Waals surface area (Å²) in [6.45, 7) is 11.5. The Labute approximate surface area is 133 Å². The molecule has 0 heterocycles. The van der Waals surface area contributed by atoms with Gasteiger partial charge in [0.1, 0.15) is 0 Å². The number of anilines is 1. The standard InChI is InChI=1S/C17H27N3O2/c1-5-20(6-2)11-7-10-18-16(21)17(22)19-15-12-13(3)8-9-14(15)4/h8-9,12H,5-7,10-11H2,1-4H3,(H,18,21)(H,19,22). The third-order valence-corrected chi connectivity index (χ3v) is 3.68. The predicted molar refractivity (Wildman–Crippen MR) is 90.0 cm³/mol. The second-order valence-electron chi connectivity index (χ2n) is 5.41. The number of hydrogen-bond acceptors (Lipinski definition) is 3. The van der Waals surface area contributed by atoms with Crippen LogP contribution in [-0.2, 0) is 9.59 Å². The predicted octanol–water partition coefficient (Wildman–Crippen LogP) is 2.09. The van der Waals surface area contributed by atoms with Gasteiger partial charge in [0.25, 0.3) is 0 Å². The van der Waals surface area contributed by atoms with Crippen LogP contribution in [0.25, 0.3) is 0 Å². The van der Waals surface area contributed by atoms with Crippen LogP contribution in [0.2, 0.25) is 0 Å². The summed E-state index contributed by atoms with van der Waals surface area (Å²) in [5.41, 5.74) is 2.66. The summed E-state index contributed by atoms with van der Waals surface area (Å²) in [4.78, 5) is 26.0. The lowest BCUT2D eigenvalue weighted by Gasteiger charge is -2.17. The molecule has 0 saturated carbocycles. The van der Waals surface area contributed by atoms with E-state index in [2.05, 4.69) is 29.4 Å². The Morgan fingerprint density at radius 3 is 2.41 bits per heavy atom. The summed E-state index contributed by atoms with van der Waals surface area (Å²) >= 11 is 0. The molecule has 0 saturated heterocycles. The fraction of sp³-hybridized carbons (Fsp3) is 0.529. The van der Waals surface area contributed by atoms with Gasteiger partial charge in [-0.3, -0.25) is 9.59 Å². The zero-order chi connectivity index (χ0) is 16.5. The maximum absolute atomic E-state index is 11.9. The molecule has 0 aromatic heterocycles. The molecule has 122 valence electrons. The summed E-state index contributed by atoms with van der Waals surface area (Å²) < 4.78 is 0. The molecule has 5 heteroatoms. The van der Waals surface area contributed by atoms with Gasteiger partial charge in [-0.1, -0.05) is 26.0 Å². The first-order valence-electron chi connectivity index (χ1n) is 7.86. The number of hydrogen-bond donors (Lipinski definition) is 2. The SMILES string of the molecule is CCN(CC)CCCNC(=O)C(=O)Nc1cc(C)ccc1C. The Morgan fingerprint density at radius 1 is 1.09 bits per heavy atom. The fourth-order valence-corrected chi connectivity index (χ4v) is 2.17. The molecule has 0 aliphatic carbocycles. The van der Waals surface area contributed by atoms with Gasteiger partial charge in [-0.15, -0.1) is 0 Å². The monoisotopic (exact) mass is 305 g/mol. The van der Waals surface area contributed by atoms with Crippen molar-refractivity contribution in [1.29, 1.82) is 0 Å². The number of amides is 2. The van der Waals surface area contributed by atoms with E-state index in [-0.39, 0.29) is 0 Å². The van der Waals surface area contributed by atoms with Crippen LogP contribution >= 0.6 is 0 Å². The van der Waals surface area contributed by atoms with Crippen LogP contribution < -0.4 is 10.6 Å². The second kappa shape index (κ2) is 9.20. The van der Waals surface area contributed by atoms with Crippen molar-refractivity contribution in [1.82, 2.24) is 10.2 Å². The van der Waals surface area contributed by atoms with Crippen molar-refractivity contribution in [2.75, 3.05) is 31.5 Å². The van der Waals surface area contributed by atoms with Crippen molar-refractivity contribution in [2.24, 2.45) is 0 Å². The van der Waals surface area contributed by atoms with Crippen LogP contribution in [0.15, 0.2) is 18.2 Å². The van der Waals surface area contributed by atoms with Crippen LogP contribution in [0.1, 0.15) is 31.4 Å². The van der Waals surface area contributed by atoms with E-state index >= 15 is 0 Å². The van der Waals surface area contributed by atoms with Gasteiger partial charge in [-0.2, -0.15) is 0 Å². The van der Waals surface area contributed by atoms with Gasteiger partial charge in [0.15, 0.2) is 0 Å². The first-order valence-corrected chi connectivity index (χ1v) is 7.86. The summed E-state index contributed by atoms with van der Waals surface area (Å²) in [7, 11) is 0. The summed E-state index contributed by atoms with van der Waals surface area (Å²) in [6.07, 6.45) is 0.837. The van der Waals surface area contributed by atoms with Gasteiger partial charge in [0.2, 0.25) is 0 Å². The molecule has 0 aliphatic heterocycles. The summed E-state index contributed by atoms with van der Waals surface area (Å²) in [6, 6.07) is 5.76. The Hall–Kier alpha value is -1.88. The van der Waals surface area contributed by atoms with Gasteiger partial charge in [0, 0.05) is 12.2 Å². The van der Waals surface area contributed by atoms with Gasteiger partial charge in [-0.05, 0) is 57.1 Å². The largest absolute Gasteiger partial charge is 0.348 e. The molecule has 2 N–H and O–H groups in total. The van der Waals surface area contributed by atoms with Gasteiger partial charge < -0.3 is 15.5 Å². The highest BCUT2D eigenvalue weighted by molar-refractivity contribution is 6.39. The van der Waals surface area contributed by atoms with E-state index in [0.29, 0.717) is 12.2 Å². The lowest BCUT2D eigenvalue weighted by molar-refractivity contribution is -0.136. The van der Waals surface area contributed by atoms with Crippen LogP contribution in [0.5, 0.6) is 0 Å². The molecular formula is C17H27N3O2. The molecule has 1 aromatic carbocycles. The smallest absolute Gasteiger partial charge is 0.313 e. The minimum atomic E-state index is -0.614. The number of aryl methyl sites for hydroxylation is 2. The molecule has 1 rings (SSSR count). The maximum atomic E-state index is 11.9. The van der Waals surface area contributed by atoms with Crippen molar-refractivity contribution >= 4 is 17.5 Å². The lowest BCUT2D eigenvalue weighted by atomic mass is 10.1. The highest BCUT2D eigenvalue weighted by atomic mass is 16.2. The number of benzene rings is 1. The molecule has 5 nitrogen and oxygen atoms in total. The van der Waals surface area contributed by atoms with E-state index < -0.39 is 11.8 Å². The first kappa shape index (κ1) is 18.2. The van der Waals surface area contributed by atoms with Crippen LogP contribution in [-0.4, -0.2) is 42.9 Å². The highest BCUT2D eigenvalue weighted by Crippen LogP contribution is 2.15. The van der Waals surface area contributed by atoms with E-state index in [1.165, 1.54) is 0 Å². The molecule has 1 aromatic rings. The third kappa shape index (κ3) is 5.85. The Kier molecular flexibility index (Phi) is 7.60. The first-order chi connectivity index (χ1) is 10.5. The zero-order valence-electron chi connectivity index (χ0n) is 14.0. The molecule has 22 heavy (non-hydrogen) atoms. The zero-order valence-corrected chi connectivity index (χ0v) is 14.0. The van der Waals surface area contributed by atoms with E-state index in [0.717, 1.165) is 37.2 Å². The Balaban J connectivity index is 2.39. The van der Waals surface area contributed by atoms with Gasteiger partial charge in [0.05, 0.1) is 0 Å². The average Bonchev–Trinajstić information content (AvgIpc) is 2.50. The Bertz CT molecular complexity index is 511. The molecule has 0 bridgehead atoms. The number of carbonyl (C=O) groups excluding carboxylic acids is 2. The second-order valence-corrected chi connectivity index (χ2v) is 5.41. The lowest BCUT2D eigenvalue weighted by Crippen LogP contribution is -2.37. The van der Waals surface area contributed by atoms with E-state index in [9.17, 15) is 9.59 Å². The molecule has 0 radical (unpaired) electrons. The maximum Gasteiger partial charge on any atom is 0.313 e. The topological polar surface area (TPSA) is 61.4 Å². The molecule has 0 aliphatic rings. The van der Waals surface area contributed by atoms with Crippen molar-refractivity contribution in [3.05, 3.63) is 29.3 Å². The van der Waals surface area contributed by atoms with Crippen LogP contribution in [0, 0.1) is 13.8 Å². The van der Waals surface area contributed by atoms with Gasteiger partial charge in [-0.25, -0.2) is 0 Å². The average molecular weight is 305 g/mol.